The lowest BCUT2D eigenvalue weighted by Gasteiger charge is -2.30. The van der Waals surface area contributed by atoms with Crippen molar-refractivity contribution in [3.63, 3.8) is 0 Å². The number of hydrogen-bond acceptors (Lipinski definition) is 6. The number of ether oxygens (including phenoxy) is 2. The number of nitrogens with one attached hydrogen (secondary N) is 1. The fourth-order valence-corrected chi connectivity index (χ4v) is 4.63. The minimum Gasteiger partial charge on any atom is -0.490 e. The summed E-state index contributed by atoms with van der Waals surface area (Å²) < 4.78 is 39.4. The number of likely N-dealkylation sites (tertiary alicyclic amines) is 1. The molecule has 160 valence electrons. The number of piperidine rings is 1. The standard InChI is InChI=1S/C21H24N2O6S/c24-17-6-2-9-23(14-17)21(25)15-4-1-5-16(12-15)22-30(26,27)18-7-8-19-20(13-18)29-11-3-10-28-19/h1,4-5,7-8,12-13,17,22,24H,2-3,6,9-11,14H2/t17-/m0/s1. The van der Waals surface area contributed by atoms with Crippen LogP contribution in [0.4, 0.5) is 5.69 Å². The molecule has 2 aliphatic heterocycles. The lowest BCUT2D eigenvalue weighted by Crippen LogP contribution is -2.42. The Labute approximate surface area is 175 Å². The molecule has 2 aromatic carbocycles. The Hall–Kier alpha value is -2.78. The molecular formula is C21H24N2O6S. The van der Waals surface area contributed by atoms with E-state index >= 15 is 0 Å². The number of β-amino-alcohol motifs (C(OH)–C–C–N with tert-alkyl or cyclic N) is 1. The minimum atomic E-state index is -3.89. The number of hydrogen-bond donors (Lipinski definition) is 2. The van der Waals surface area contributed by atoms with E-state index in [1.54, 1.807) is 29.2 Å². The molecule has 0 saturated carbocycles. The average molecular weight is 432 g/mol. The van der Waals surface area contributed by atoms with E-state index in [-0.39, 0.29) is 23.0 Å². The van der Waals surface area contributed by atoms with Crippen LogP contribution in [0.1, 0.15) is 29.6 Å². The van der Waals surface area contributed by atoms with Gasteiger partial charge in [-0.25, -0.2) is 8.42 Å². The van der Waals surface area contributed by atoms with Gasteiger partial charge < -0.3 is 19.5 Å². The average Bonchev–Trinajstić information content (AvgIpc) is 2.98. The third-order valence-corrected chi connectivity index (χ3v) is 6.45. The molecule has 0 spiro atoms. The van der Waals surface area contributed by atoms with Gasteiger partial charge in [0.1, 0.15) is 0 Å². The van der Waals surface area contributed by atoms with Crippen LogP contribution < -0.4 is 14.2 Å². The van der Waals surface area contributed by atoms with Gasteiger partial charge in [0.2, 0.25) is 0 Å². The van der Waals surface area contributed by atoms with Crippen molar-refractivity contribution in [1.82, 2.24) is 4.90 Å². The molecule has 0 aliphatic carbocycles. The van der Waals surface area contributed by atoms with E-state index < -0.39 is 16.1 Å². The molecule has 2 aromatic rings. The van der Waals surface area contributed by atoms with Gasteiger partial charge in [-0.05, 0) is 43.2 Å². The zero-order valence-electron chi connectivity index (χ0n) is 16.4. The van der Waals surface area contributed by atoms with Crippen LogP contribution in [0.25, 0.3) is 0 Å². The molecule has 2 N–H and O–H groups in total. The first kappa shape index (κ1) is 20.5. The minimum absolute atomic E-state index is 0.0441. The lowest BCUT2D eigenvalue weighted by molar-refractivity contribution is 0.0474. The van der Waals surface area contributed by atoms with Crippen molar-refractivity contribution >= 4 is 21.6 Å². The summed E-state index contributed by atoms with van der Waals surface area (Å²) in [6, 6.07) is 10.8. The zero-order chi connectivity index (χ0) is 21.1. The maximum Gasteiger partial charge on any atom is 0.262 e. The van der Waals surface area contributed by atoms with Gasteiger partial charge in [-0.1, -0.05) is 6.07 Å². The third kappa shape index (κ3) is 4.52. The van der Waals surface area contributed by atoms with Crippen LogP contribution in [0, 0.1) is 0 Å². The van der Waals surface area contributed by atoms with Gasteiger partial charge in [0.15, 0.2) is 11.5 Å². The van der Waals surface area contributed by atoms with Crippen LogP contribution in [0.15, 0.2) is 47.4 Å². The number of fused-ring (bicyclic) bond motifs is 1. The molecule has 30 heavy (non-hydrogen) atoms. The summed E-state index contributed by atoms with van der Waals surface area (Å²) in [5.41, 5.74) is 0.647. The van der Waals surface area contributed by atoms with Gasteiger partial charge in [0.05, 0.1) is 24.2 Å². The van der Waals surface area contributed by atoms with Crippen LogP contribution in [0.2, 0.25) is 0 Å². The van der Waals surface area contributed by atoms with E-state index in [0.29, 0.717) is 43.2 Å². The number of aliphatic hydroxyl groups is 1. The zero-order valence-corrected chi connectivity index (χ0v) is 17.2. The number of benzene rings is 2. The van der Waals surface area contributed by atoms with Crippen LogP contribution in [0.3, 0.4) is 0 Å². The molecular weight excluding hydrogens is 408 g/mol. The van der Waals surface area contributed by atoms with E-state index in [0.717, 1.165) is 12.8 Å². The Bertz CT molecular complexity index is 1040. The molecule has 2 aliphatic rings. The maximum absolute atomic E-state index is 12.9. The predicted octanol–water partition coefficient (Wildman–Crippen LogP) is 2.25. The number of anilines is 1. The second kappa shape index (κ2) is 8.53. The Morgan fingerprint density at radius 2 is 1.87 bits per heavy atom. The van der Waals surface area contributed by atoms with Gasteiger partial charge >= 0.3 is 0 Å². The highest BCUT2D eigenvalue weighted by Crippen LogP contribution is 2.32. The Kier molecular flexibility index (Phi) is 5.83. The van der Waals surface area contributed by atoms with Gasteiger partial charge in [0, 0.05) is 36.8 Å². The molecule has 0 unspecified atom stereocenters. The fraction of sp³-hybridized carbons (Fsp3) is 0.381. The number of aliphatic hydroxyl groups excluding tert-OH is 1. The summed E-state index contributed by atoms with van der Waals surface area (Å²) in [5, 5.41) is 9.81. The highest BCUT2D eigenvalue weighted by molar-refractivity contribution is 7.92. The first-order chi connectivity index (χ1) is 14.4. The summed E-state index contributed by atoms with van der Waals surface area (Å²) in [5.74, 6) is 0.677. The second-order valence-corrected chi connectivity index (χ2v) is 9.07. The normalized spacial score (nSPS) is 19.1. The predicted molar refractivity (Wildman–Crippen MR) is 110 cm³/mol. The van der Waals surface area contributed by atoms with E-state index in [1.807, 2.05) is 0 Å². The van der Waals surface area contributed by atoms with Crippen molar-refractivity contribution in [1.29, 1.82) is 0 Å². The number of carbonyl (C=O) groups is 1. The van der Waals surface area contributed by atoms with Crippen molar-refractivity contribution < 1.29 is 27.8 Å². The largest absolute Gasteiger partial charge is 0.490 e. The van der Waals surface area contributed by atoms with Gasteiger partial charge in [0.25, 0.3) is 15.9 Å². The maximum atomic E-state index is 12.9. The summed E-state index contributed by atoms with van der Waals surface area (Å²) >= 11 is 0. The highest BCUT2D eigenvalue weighted by Gasteiger charge is 2.24. The third-order valence-electron chi connectivity index (χ3n) is 5.07. The quantitative estimate of drug-likeness (QED) is 0.768. The molecule has 1 atom stereocenters. The fourth-order valence-electron chi connectivity index (χ4n) is 3.56. The number of sulfonamides is 1. The Morgan fingerprint density at radius 3 is 2.67 bits per heavy atom. The van der Waals surface area contributed by atoms with Gasteiger partial charge in [-0.15, -0.1) is 0 Å². The summed E-state index contributed by atoms with van der Waals surface area (Å²) in [7, 11) is -3.89. The highest BCUT2D eigenvalue weighted by atomic mass is 32.2. The van der Waals surface area contributed by atoms with Gasteiger partial charge in [-0.3, -0.25) is 9.52 Å². The molecule has 0 bridgehead atoms. The molecule has 4 rings (SSSR count). The summed E-state index contributed by atoms with van der Waals surface area (Å²) in [6.45, 7) is 1.83. The summed E-state index contributed by atoms with van der Waals surface area (Å²) in [4.78, 5) is 14.4. The van der Waals surface area contributed by atoms with Crippen molar-refractivity contribution in [3.8, 4) is 11.5 Å². The van der Waals surface area contributed by atoms with Crippen molar-refractivity contribution in [2.45, 2.75) is 30.3 Å². The Balaban J connectivity index is 1.53. The lowest BCUT2D eigenvalue weighted by atomic mass is 10.1. The molecule has 2 heterocycles. The molecule has 1 fully saturated rings. The molecule has 8 nitrogen and oxygen atoms in total. The van der Waals surface area contributed by atoms with Crippen LogP contribution in [-0.2, 0) is 10.0 Å². The van der Waals surface area contributed by atoms with Crippen molar-refractivity contribution in [2.75, 3.05) is 31.0 Å². The van der Waals surface area contributed by atoms with E-state index in [2.05, 4.69) is 4.72 Å². The first-order valence-corrected chi connectivity index (χ1v) is 11.4. The topological polar surface area (TPSA) is 105 Å². The van der Waals surface area contributed by atoms with Gasteiger partial charge in [-0.2, -0.15) is 0 Å². The van der Waals surface area contributed by atoms with E-state index in [1.165, 1.54) is 18.2 Å². The van der Waals surface area contributed by atoms with Crippen LogP contribution in [0.5, 0.6) is 11.5 Å². The second-order valence-electron chi connectivity index (χ2n) is 7.39. The SMILES string of the molecule is O=C(c1cccc(NS(=O)(=O)c2ccc3c(c2)OCCCO3)c1)N1CCC[C@H](O)C1. The molecule has 1 saturated heterocycles. The number of amides is 1. The number of carbonyl (C=O) groups excluding carboxylic acids is 1. The molecule has 0 aromatic heterocycles. The van der Waals surface area contributed by atoms with Crippen molar-refractivity contribution in [2.24, 2.45) is 0 Å². The Morgan fingerprint density at radius 1 is 1.07 bits per heavy atom. The number of rotatable bonds is 4. The van der Waals surface area contributed by atoms with E-state index in [9.17, 15) is 18.3 Å². The first-order valence-electron chi connectivity index (χ1n) is 9.92. The number of nitrogens with zero attached hydrogens (tertiary/aromatic N) is 1. The molecule has 1 amide bonds. The molecule has 0 radical (unpaired) electrons. The van der Waals surface area contributed by atoms with Crippen LogP contribution in [-0.4, -0.2) is 56.7 Å². The van der Waals surface area contributed by atoms with E-state index in [4.69, 9.17) is 9.47 Å². The van der Waals surface area contributed by atoms with Crippen molar-refractivity contribution in [3.05, 3.63) is 48.0 Å². The van der Waals surface area contributed by atoms with Crippen LogP contribution >= 0.6 is 0 Å². The smallest absolute Gasteiger partial charge is 0.262 e. The molecule has 9 heteroatoms. The monoisotopic (exact) mass is 432 g/mol. The summed E-state index contributed by atoms with van der Waals surface area (Å²) in [6.07, 6.45) is 1.62.